The quantitative estimate of drug-likeness (QED) is 0.720. The van der Waals surface area contributed by atoms with E-state index >= 15 is 0 Å². The Balaban J connectivity index is 2.66. The van der Waals surface area contributed by atoms with E-state index in [2.05, 4.69) is 5.32 Å². The van der Waals surface area contributed by atoms with Crippen LogP contribution in [0.3, 0.4) is 0 Å². The largest absolute Gasteiger partial charge is 0.377 e. The van der Waals surface area contributed by atoms with Gasteiger partial charge in [0.1, 0.15) is 6.04 Å². The van der Waals surface area contributed by atoms with Crippen LogP contribution in [0.4, 0.5) is 0 Å². The Morgan fingerprint density at radius 2 is 2.11 bits per heavy atom. The zero-order valence-electron chi connectivity index (χ0n) is 12.0. The summed E-state index contributed by atoms with van der Waals surface area (Å²) in [5.41, 5.74) is 5.54. The monoisotopic (exact) mass is 271 g/mol. The van der Waals surface area contributed by atoms with Gasteiger partial charge in [-0.25, -0.2) is 0 Å². The van der Waals surface area contributed by atoms with Gasteiger partial charge in [-0.15, -0.1) is 0 Å². The number of carbonyl (C=O) groups is 2. The number of nitrogens with two attached hydrogens (primary N) is 1. The van der Waals surface area contributed by atoms with Crippen molar-refractivity contribution in [2.24, 2.45) is 11.7 Å². The third kappa shape index (κ3) is 4.80. The lowest BCUT2D eigenvalue weighted by Gasteiger charge is -2.35. The lowest BCUT2D eigenvalue weighted by atomic mass is 10.1. The van der Waals surface area contributed by atoms with Crippen LogP contribution in [0.25, 0.3) is 0 Å². The Bertz CT molecular complexity index is 320. The molecule has 2 unspecified atom stereocenters. The molecule has 1 rings (SSSR count). The lowest BCUT2D eigenvalue weighted by Crippen LogP contribution is -2.57. The molecule has 2 amide bonds. The molecule has 2 atom stereocenters. The Kier molecular flexibility index (Phi) is 6.24. The Morgan fingerprint density at radius 1 is 1.42 bits per heavy atom. The molecule has 19 heavy (non-hydrogen) atoms. The van der Waals surface area contributed by atoms with Crippen LogP contribution in [-0.4, -0.2) is 55.1 Å². The molecule has 1 heterocycles. The van der Waals surface area contributed by atoms with E-state index in [0.717, 1.165) is 0 Å². The van der Waals surface area contributed by atoms with Gasteiger partial charge in [-0.2, -0.15) is 0 Å². The Morgan fingerprint density at radius 3 is 2.68 bits per heavy atom. The maximum absolute atomic E-state index is 12.2. The smallest absolute Gasteiger partial charge is 0.245 e. The van der Waals surface area contributed by atoms with Crippen LogP contribution in [0.1, 0.15) is 27.2 Å². The number of rotatable bonds is 5. The number of amides is 2. The first-order chi connectivity index (χ1) is 8.95. The third-order valence-corrected chi connectivity index (χ3v) is 3.11. The molecule has 6 nitrogen and oxygen atoms in total. The zero-order chi connectivity index (χ0) is 14.4. The first kappa shape index (κ1) is 15.9. The van der Waals surface area contributed by atoms with Crippen LogP contribution in [-0.2, 0) is 14.3 Å². The standard InChI is InChI=1S/C13H25N3O3/c1-9(2)15-13(18)11-8-19-5-4-16(11)12(17)6-10(3)7-14/h9-11H,4-8,14H2,1-3H3,(H,15,18). The highest BCUT2D eigenvalue weighted by Gasteiger charge is 2.33. The molecule has 6 heteroatoms. The van der Waals surface area contributed by atoms with Crippen LogP contribution >= 0.6 is 0 Å². The molecule has 0 aromatic carbocycles. The van der Waals surface area contributed by atoms with Crippen LogP contribution in [0.15, 0.2) is 0 Å². The number of ether oxygens (including phenoxy) is 1. The lowest BCUT2D eigenvalue weighted by molar-refractivity contribution is -0.149. The van der Waals surface area contributed by atoms with Gasteiger partial charge in [-0.1, -0.05) is 6.92 Å². The van der Waals surface area contributed by atoms with E-state index in [1.54, 1.807) is 4.90 Å². The van der Waals surface area contributed by atoms with Crippen molar-refractivity contribution in [2.75, 3.05) is 26.3 Å². The van der Waals surface area contributed by atoms with Gasteiger partial charge in [-0.05, 0) is 26.3 Å². The van der Waals surface area contributed by atoms with Gasteiger partial charge >= 0.3 is 0 Å². The highest BCUT2D eigenvalue weighted by molar-refractivity contribution is 5.88. The molecule has 110 valence electrons. The molecular weight excluding hydrogens is 246 g/mol. The summed E-state index contributed by atoms with van der Waals surface area (Å²) in [4.78, 5) is 25.9. The minimum atomic E-state index is -0.520. The average molecular weight is 271 g/mol. The van der Waals surface area contributed by atoms with Crippen molar-refractivity contribution in [1.82, 2.24) is 10.2 Å². The highest BCUT2D eigenvalue weighted by atomic mass is 16.5. The van der Waals surface area contributed by atoms with Gasteiger partial charge in [0.15, 0.2) is 0 Å². The average Bonchev–Trinajstić information content (AvgIpc) is 2.37. The molecule has 0 aliphatic carbocycles. The summed E-state index contributed by atoms with van der Waals surface area (Å²) in [6, 6.07) is -0.469. The summed E-state index contributed by atoms with van der Waals surface area (Å²) in [5, 5.41) is 2.83. The number of morpholine rings is 1. The zero-order valence-corrected chi connectivity index (χ0v) is 12.0. The Labute approximate surface area is 114 Å². The van der Waals surface area contributed by atoms with Crippen LogP contribution < -0.4 is 11.1 Å². The van der Waals surface area contributed by atoms with E-state index in [4.69, 9.17) is 10.5 Å². The van der Waals surface area contributed by atoms with Crippen molar-refractivity contribution in [3.05, 3.63) is 0 Å². The first-order valence-electron chi connectivity index (χ1n) is 6.83. The predicted octanol–water partition coefficient (Wildman–Crippen LogP) is -0.277. The number of hydrogen-bond acceptors (Lipinski definition) is 4. The number of nitrogens with one attached hydrogen (secondary N) is 1. The van der Waals surface area contributed by atoms with E-state index < -0.39 is 6.04 Å². The highest BCUT2D eigenvalue weighted by Crippen LogP contribution is 2.12. The second-order valence-electron chi connectivity index (χ2n) is 5.39. The number of carbonyl (C=O) groups excluding carboxylic acids is 2. The van der Waals surface area contributed by atoms with Gasteiger partial charge < -0.3 is 20.7 Å². The Hall–Kier alpha value is -1.14. The molecule has 1 fully saturated rings. The normalized spacial score (nSPS) is 21.3. The molecule has 0 aromatic rings. The molecular formula is C13H25N3O3. The third-order valence-electron chi connectivity index (χ3n) is 3.11. The summed E-state index contributed by atoms with van der Waals surface area (Å²) >= 11 is 0. The van der Waals surface area contributed by atoms with Gasteiger partial charge in [0.2, 0.25) is 11.8 Å². The molecule has 3 N–H and O–H groups in total. The molecule has 0 saturated carbocycles. The van der Waals surface area contributed by atoms with Crippen LogP contribution in [0.5, 0.6) is 0 Å². The topological polar surface area (TPSA) is 84.7 Å². The summed E-state index contributed by atoms with van der Waals surface area (Å²) in [6.07, 6.45) is 0.377. The van der Waals surface area contributed by atoms with Gasteiger partial charge in [0.25, 0.3) is 0 Å². The molecule has 1 saturated heterocycles. The summed E-state index contributed by atoms with van der Waals surface area (Å²) < 4.78 is 5.32. The van der Waals surface area contributed by atoms with E-state index in [0.29, 0.717) is 26.1 Å². The first-order valence-corrected chi connectivity index (χ1v) is 6.83. The van der Waals surface area contributed by atoms with E-state index in [1.165, 1.54) is 0 Å². The molecule has 0 bridgehead atoms. The SMILES string of the molecule is CC(CN)CC(=O)N1CCOCC1C(=O)NC(C)C. The van der Waals surface area contributed by atoms with E-state index in [1.807, 2.05) is 20.8 Å². The van der Waals surface area contributed by atoms with E-state index in [9.17, 15) is 9.59 Å². The van der Waals surface area contributed by atoms with Crippen molar-refractivity contribution >= 4 is 11.8 Å². The molecule has 0 aromatic heterocycles. The van der Waals surface area contributed by atoms with Crippen LogP contribution in [0.2, 0.25) is 0 Å². The molecule has 1 aliphatic rings. The summed E-state index contributed by atoms with van der Waals surface area (Å²) in [6.45, 7) is 7.40. The fraction of sp³-hybridized carbons (Fsp3) is 0.846. The second kappa shape index (κ2) is 7.45. The second-order valence-corrected chi connectivity index (χ2v) is 5.39. The van der Waals surface area contributed by atoms with Gasteiger partial charge in [0, 0.05) is 19.0 Å². The molecule has 1 aliphatic heterocycles. The van der Waals surface area contributed by atoms with Crippen LogP contribution in [0, 0.1) is 5.92 Å². The maximum Gasteiger partial charge on any atom is 0.245 e. The van der Waals surface area contributed by atoms with Crippen molar-refractivity contribution in [3.63, 3.8) is 0 Å². The maximum atomic E-state index is 12.2. The number of hydrogen-bond donors (Lipinski definition) is 2. The fourth-order valence-corrected chi connectivity index (χ4v) is 2.00. The summed E-state index contributed by atoms with van der Waals surface area (Å²) in [5.74, 6) is -0.0437. The van der Waals surface area contributed by atoms with E-state index in [-0.39, 0.29) is 30.4 Å². The molecule has 0 radical (unpaired) electrons. The van der Waals surface area contributed by atoms with Crippen molar-refractivity contribution in [1.29, 1.82) is 0 Å². The molecule has 0 spiro atoms. The minimum Gasteiger partial charge on any atom is -0.377 e. The summed E-state index contributed by atoms with van der Waals surface area (Å²) in [7, 11) is 0. The van der Waals surface area contributed by atoms with Gasteiger partial charge in [0.05, 0.1) is 13.2 Å². The van der Waals surface area contributed by atoms with Crippen molar-refractivity contribution in [2.45, 2.75) is 39.3 Å². The van der Waals surface area contributed by atoms with Crippen molar-refractivity contribution < 1.29 is 14.3 Å². The van der Waals surface area contributed by atoms with Crippen molar-refractivity contribution in [3.8, 4) is 0 Å². The fourth-order valence-electron chi connectivity index (χ4n) is 2.00. The van der Waals surface area contributed by atoms with Gasteiger partial charge in [-0.3, -0.25) is 9.59 Å². The number of nitrogens with zero attached hydrogens (tertiary/aromatic N) is 1. The predicted molar refractivity (Wildman–Crippen MR) is 72.4 cm³/mol. The minimum absolute atomic E-state index is 0.0230.